The molecule has 2 rings (SSSR count). The van der Waals surface area contributed by atoms with E-state index < -0.39 is 0 Å². The Morgan fingerprint density at radius 3 is 2.69 bits per heavy atom. The average molecular weight is 322 g/mol. The van der Waals surface area contributed by atoms with E-state index in [1.807, 2.05) is 12.1 Å². The van der Waals surface area contributed by atoms with Crippen molar-refractivity contribution >= 4 is 53.3 Å². The molecule has 0 saturated heterocycles. The van der Waals surface area contributed by atoms with E-state index in [4.69, 9.17) is 4.74 Å². The van der Waals surface area contributed by atoms with E-state index in [-0.39, 0.29) is 0 Å². The van der Waals surface area contributed by atoms with Crippen LogP contribution in [0.5, 0.6) is 5.75 Å². The van der Waals surface area contributed by atoms with Crippen molar-refractivity contribution in [2.24, 2.45) is 0 Å². The van der Waals surface area contributed by atoms with Crippen LogP contribution < -0.4 is 4.74 Å². The lowest BCUT2D eigenvalue weighted by Crippen LogP contribution is -1.81. The van der Waals surface area contributed by atoms with Gasteiger partial charge in [0.25, 0.3) is 0 Å². The molecular weight excluding hydrogens is 316 g/mol. The second-order valence-electron chi connectivity index (χ2n) is 2.58. The molecule has 0 N–H and O–H groups in total. The summed E-state index contributed by atoms with van der Waals surface area (Å²) in [6.45, 7) is 0. The van der Waals surface area contributed by atoms with Crippen molar-refractivity contribution in [2.45, 2.75) is 0 Å². The molecular formula is C9H6Br2OS. The molecule has 2 aromatic rings. The van der Waals surface area contributed by atoms with Crippen LogP contribution in [0.3, 0.4) is 0 Å². The van der Waals surface area contributed by atoms with Crippen LogP contribution in [0.2, 0.25) is 0 Å². The van der Waals surface area contributed by atoms with Gasteiger partial charge < -0.3 is 4.74 Å². The SMILES string of the molecule is COc1cc(Br)c2sc(Br)cc2c1. The van der Waals surface area contributed by atoms with E-state index in [0.29, 0.717) is 0 Å². The number of fused-ring (bicyclic) bond motifs is 1. The molecule has 1 nitrogen and oxygen atoms in total. The monoisotopic (exact) mass is 320 g/mol. The lowest BCUT2D eigenvalue weighted by molar-refractivity contribution is 0.415. The van der Waals surface area contributed by atoms with E-state index in [1.165, 1.54) is 10.1 Å². The first kappa shape index (κ1) is 9.49. The molecule has 0 amide bonds. The maximum absolute atomic E-state index is 5.17. The Bertz CT molecular complexity index is 450. The molecule has 0 spiro atoms. The molecule has 0 saturated carbocycles. The van der Waals surface area contributed by atoms with Crippen LogP contribution in [0.15, 0.2) is 26.5 Å². The normalized spacial score (nSPS) is 10.7. The fourth-order valence-electron chi connectivity index (χ4n) is 1.17. The highest BCUT2D eigenvalue weighted by Gasteiger charge is 2.05. The van der Waals surface area contributed by atoms with Crippen molar-refractivity contribution < 1.29 is 4.74 Å². The predicted molar refractivity (Wildman–Crippen MR) is 63.8 cm³/mol. The maximum Gasteiger partial charge on any atom is 0.120 e. The fraction of sp³-hybridized carbons (Fsp3) is 0.111. The molecule has 68 valence electrons. The van der Waals surface area contributed by atoms with Gasteiger partial charge in [0.1, 0.15) is 5.75 Å². The van der Waals surface area contributed by atoms with Crippen LogP contribution in [-0.2, 0) is 0 Å². The minimum Gasteiger partial charge on any atom is -0.497 e. The summed E-state index contributed by atoms with van der Waals surface area (Å²) in [7, 11) is 1.68. The van der Waals surface area contributed by atoms with Crippen molar-refractivity contribution in [3.05, 3.63) is 26.5 Å². The molecule has 1 aromatic heterocycles. The Morgan fingerprint density at radius 1 is 1.23 bits per heavy atom. The molecule has 4 heteroatoms. The van der Waals surface area contributed by atoms with Gasteiger partial charge in [-0.25, -0.2) is 0 Å². The lowest BCUT2D eigenvalue weighted by Gasteiger charge is -2.00. The maximum atomic E-state index is 5.17. The Kier molecular flexibility index (Phi) is 2.62. The summed E-state index contributed by atoms with van der Waals surface area (Å²) >= 11 is 8.69. The molecule has 0 fully saturated rings. The summed E-state index contributed by atoms with van der Waals surface area (Å²) in [4.78, 5) is 0. The second kappa shape index (κ2) is 3.59. The van der Waals surface area contributed by atoms with Crippen LogP contribution in [0, 0.1) is 0 Å². The van der Waals surface area contributed by atoms with Gasteiger partial charge >= 0.3 is 0 Å². The molecule has 0 aliphatic carbocycles. The van der Waals surface area contributed by atoms with Crippen molar-refractivity contribution in [3.63, 3.8) is 0 Å². The molecule has 13 heavy (non-hydrogen) atoms. The molecule has 0 bridgehead atoms. The zero-order valence-corrected chi connectivity index (χ0v) is 10.8. The van der Waals surface area contributed by atoms with Crippen LogP contribution in [-0.4, -0.2) is 7.11 Å². The Morgan fingerprint density at radius 2 is 2.00 bits per heavy atom. The van der Waals surface area contributed by atoms with E-state index >= 15 is 0 Å². The fourth-order valence-corrected chi connectivity index (χ4v) is 3.37. The van der Waals surface area contributed by atoms with Crippen molar-refractivity contribution in [3.8, 4) is 5.75 Å². The van der Waals surface area contributed by atoms with Crippen LogP contribution >= 0.6 is 43.2 Å². The van der Waals surface area contributed by atoms with E-state index in [9.17, 15) is 0 Å². The number of ether oxygens (including phenoxy) is 1. The van der Waals surface area contributed by atoms with Gasteiger partial charge in [0.2, 0.25) is 0 Å². The smallest absolute Gasteiger partial charge is 0.120 e. The summed E-state index contributed by atoms with van der Waals surface area (Å²) < 4.78 is 8.63. The van der Waals surface area contributed by atoms with Gasteiger partial charge in [0.15, 0.2) is 0 Å². The van der Waals surface area contributed by atoms with Gasteiger partial charge in [-0.1, -0.05) is 0 Å². The molecule has 0 radical (unpaired) electrons. The average Bonchev–Trinajstić information content (AvgIpc) is 2.46. The third-order valence-electron chi connectivity index (χ3n) is 1.75. The third kappa shape index (κ3) is 1.75. The number of rotatable bonds is 1. The lowest BCUT2D eigenvalue weighted by atomic mass is 10.2. The van der Waals surface area contributed by atoms with Gasteiger partial charge in [-0.2, -0.15) is 0 Å². The molecule has 0 aliphatic heterocycles. The first-order valence-corrected chi connectivity index (χ1v) is 6.03. The highest BCUT2D eigenvalue weighted by atomic mass is 79.9. The van der Waals surface area contributed by atoms with Crippen LogP contribution in [0.25, 0.3) is 10.1 Å². The number of thiophene rings is 1. The summed E-state index contributed by atoms with van der Waals surface area (Å²) in [6, 6.07) is 6.10. The standard InChI is InChI=1S/C9H6Br2OS/c1-12-6-2-5-3-8(11)13-9(5)7(10)4-6/h2-4H,1H3. The molecule has 1 aromatic carbocycles. The van der Waals surface area contributed by atoms with E-state index in [2.05, 4.69) is 37.9 Å². The molecule has 1 heterocycles. The van der Waals surface area contributed by atoms with Gasteiger partial charge in [0.05, 0.1) is 10.9 Å². The Labute approximate surface area is 97.0 Å². The van der Waals surface area contributed by atoms with E-state index in [0.717, 1.165) is 14.0 Å². The predicted octanol–water partition coefficient (Wildman–Crippen LogP) is 4.43. The Balaban J connectivity index is 2.75. The highest BCUT2D eigenvalue weighted by Crippen LogP contribution is 2.37. The highest BCUT2D eigenvalue weighted by molar-refractivity contribution is 9.11. The number of hydrogen-bond donors (Lipinski definition) is 0. The topological polar surface area (TPSA) is 9.23 Å². The van der Waals surface area contributed by atoms with Gasteiger partial charge in [-0.15, -0.1) is 11.3 Å². The van der Waals surface area contributed by atoms with Crippen molar-refractivity contribution in [1.29, 1.82) is 0 Å². The quantitative estimate of drug-likeness (QED) is 0.754. The first-order valence-electron chi connectivity index (χ1n) is 3.63. The third-order valence-corrected chi connectivity index (χ3v) is 4.33. The van der Waals surface area contributed by atoms with Crippen molar-refractivity contribution in [1.82, 2.24) is 0 Å². The number of hydrogen-bond acceptors (Lipinski definition) is 2. The number of benzene rings is 1. The molecule has 0 aliphatic rings. The molecule has 0 atom stereocenters. The zero-order valence-electron chi connectivity index (χ0n) is 6.80. The number of methoxy groups -OCH3 is 1. The van der Waals surface area contributed by atoms with Gasteiger partial charge in [-0.3, -0.25) is 0 Å². The zero-order chi connectivity index (χ0) is 9.42. The summed E-state index contributed by atoms with van der Waals surface area (Å²) in [5.41, 5.74) is 0. The first-order chi connectivity index (χ1) is 6.20. The molecule has 0 unspecified atom stereocenters. The van der Waals surface area contributed by atoms with E-state index in [1.54, 1.807) is 18.4 Å². The summed E-state index contributed by atoms with van der Waals surface area (Å²) in [6.07, 6.45) is 0. The number of halogens is 2. The van der Waals surface area contributed by atoms with Crippen LogP contribution in [0.1, 0.15) is 0 Å². The van der Waals surface area contributed by atoms with Crippen molar-refractivity contribution in [2.75, 3.05) is 7.11 Å². The second-order valence-corrected chi connectivity index (χ2v) is 5.86. The largest absolute Gasteiger partial charge is 0.497 e. The Hall–Kier alpha value is -0.0600. The van der Waals surface area contributed by atoms with Crippen LogP contribution in [0.4, 0.5) is 0 Å². The summed E-state index contributed by atoms with van der Waals surface area (Å²) in [5, 5.41) is 1.20. The van der Waals surface area contributed by atoms with Gasteiger partial charge in [-0.05, 0) is 55.4 Å². The summed E-state index contributed by atoms with van der Waals surface area (Å²) in [5.74, 6) is 0.879. The van der Waals surface area contributed by atoms with Gasteiger partial charge in [0, 0.05) is 9.17 Å². The minimum atomic E-state index is 0.879. The minimum absolute atomic E-state index is 0.879.